The molecule has 2 aliphatic heterocycles. The van der Waals surface area contributed by atoms with Crippen LogP contribution in [0.15, 0.2) is 60.7 Å². The molecule has 0 aromatic heterocycles. The van der Waals surface area contributed by atoms with Crippen molar-refractivity contribution in [3.63, 3.8) is 0 Å². The van der Waals surface area contributed by atoms with Crippen LogP contribution < -0.4 is 15.4 Å². The van der Waals surface area contributed by atoms with Gasteiger partial charge in [-0.3, -0.25) is 4.79 Å². The van der Waals surface area contributed by atoms with Gasteiger partial charge in [-0.25, -0.2) is 0 Å². The Balaban J connectivity index is 1.66. The van der Waals surface area contributed by atoms with Gasteiger partial charge >= 0.3 is 6.18 Å². The third-order valence-corrected chi connectivity index (χ3v) is 6.16. The largest absolute Gasteiger partial charge is 0.491 e. The van der Waals surface area contributed by atoms with Crippen LogP contribution in [0.25, 0.3) is 0 Å². The number of halogens is 3. The van der Waals surface area contributed by atoms with Gasteiger partial charge in [0, 0.05) is 34.8 Å². The van der Waals surface area contributed by atoms with Gasteiger partial charge < -0.3 is 20.8 Å². The smallest absolute Gasteiger partial charge is 0.416 e. The number of anilines is 2. The highest BCUT2D eigenvalue weighted by Crippen LogP contribution is 2.53. The maximum absolute atomic E-state index is 13.9. The minimum absolute atomic E-state index is 0.0104. The van der Waals surface area contributed by atoms with Crippen molar-refractivity contribution in [1.29, 1.82) is 5.41 Å². The van der Waals surface area contributed by atoms with Gasteiger partial charge in [0.25, 0.3) is 0 Å². The molecule has 3 aromatic rings. The zero-order valence-corrected chi connectivity index (χ0v) is 16.7. The molecule has 2 heterocycles. The van der Waals surface area contributed by atoms with E-state index in [-0.39, 0.29) is 24.6 Å². The number of rotatable bonds is 3. The molecule has 1 amide bonds. The van der Waals surface area contributed by atoms with Crippen LogP contribution in [0, 0.1) is 5.41 Å². The van der Waals surface area contributed by atoms with Gasteiger partial charge in [-0.15, -0.1) is 0 Å². The fourth-order valence-corrected chi connectivity index (χ4v) is 4.64. The number of fused-ring (bicyclic) bond motifs is 4. The summed E-state index contributed by atoms with van der Waals surface area (Å²) < 4.78 is 46.6. The van der Waals surface area contributed by atoms with E-state index in [1.807, 2.05) is 0 Å². The topological polar surface area (TPSA) is 79.4 Å². The average Bonchev–Trinajstić information content (AvgIpc) is 3.25. The number of hydrogen-bond donors (Lipinski definition) is 2. The van der Waals surface area contributed by atoms with Crippen molar-refractivity contribution in [3.8, 4) is 5.75 Å². The average molecular weight is 437 g/mol. The minimum Gasteiger partial charge on any atom is -0.491 e. The van der Waals surface area contributed by atoms with Crippen LogP contribution in [0.4, 0.5) is 24.5 Å². The van der Waals surface area contributed by atoms with E-state index in [2.05, 4.69) is 0 Å². The van der Waals surface area contributed by atoms with E-state index < -0.39 is 17.2 Å². The number of para-hydroxylation sites is 1. The first-order valence-corrected chi connectivity index (χ1v) is 9.91. The molecule has 8 heteroatoms. The third kappa shape index (κ3) is 2.72. The zero-order valence-electron chi connectivity index (χ0n) is 16.7. The van der Waals surface area contributed by atoms with Crippen molar-refractivity contribution in [2.24, 2.45) is 0 Å². The summed E-state index contributed by atoms with van der Waals surface area (Å²) in [6.45, 7) is -0.217. The molecular weight excluding hydrogens is 419 g/mol. The Hall–Kier alpha value is -3.81. The number of nitrogens with zero attached hydrogens (tertiary/aromatic N) is 1. The Labute approximate surface area is 181 Å². The van der Waals surface area contributed by atoms with E-state index in [1.165, 1.54) is 23.1 Å². The standard InChI is InChI=1S/C24H18F3N3O2/c25-24(26,27)16-6-2-1-5-14(16)12-30-20-8-4-3-7-17(20)23(22(30)31)13-32-21-10-19(29)15(11-28)9-18(21)23/h1-11,28H,12-13,29H2. The predicted octanol–water partition coefficient (Wildman–Crippen LogP) is 4.51. The summed E-state index contributed by atoms with van der Waals surface area (Å²) in [5.41, 5.74) is 6.57. The predicted molar refractivity (Wildman–Crippen MR) is 114 cm³/mol. The highest BCUT2D eigenvalue weighted by atomic mass is 19.4. The van der Waals surface area contributed by atoms with Crippen molar-refractivity contribution in [2.75, 3.05) is 17.2 Å². The van der Waals surface area contributed by atoms with Gasteiger partial charge in [-0.2, -0.15) is 13.2 Å². The van der Waals surface area contributed by atoms with E-state index in [1.54, 1.807) is 36.4 Å². The Morgan fingerprint density at radius 1 is 1.09 bits per heavy atom. The number of carbonyl (C=O) groups is 1. The van der Waals surface area contributed by atoms with Gasteiger partial charge in [0.15, 0.2) is 0 Å². The number of benzene rings is 3. The molecule has 5 nitrogen and oxygen atoms in total. The van der Waals surface area contributed by atoms with Gasteiger partial charge in [-0.1, -0.05) is 36.4 Å². The Bertz CT molecular complexity index is 1270. The molecule has 0 bridgehead atoms. The summed E-state index contributed by atoms with van der Waals surface area (Å²) in [6, 6.07) is 15.6. The lowest BCUT2D eigenvalue weighted by atomic mass is 9.76. The molecule has 5 rings (SSSR count). The summed E-state index contributed by atoms with van der Waals surface area (Å²) in [6.07, 6.45) is -3.43. The van der Waals surface area contributed by atoms with Crippen LogP contribution in [-0.4, -0.2) is 18.7 Å². The maximum Gasteiger partial charge on any atom is 0.416 e. The van der Waals surface area contributed by atoms with Crippen molar-refractivity contribution >= 4 is 23.5 Å². The number of nitrogen functional groups attached to an aromatic ring is 1. The molecule has 162 valence electrons. The van der Waals surface area contributed by atoms with Crippen molar-refractivity contribution in [1.82, 2.24) is 0 Å². The quantitative estimate of drug-likeness (QED) is 0.467. The van der Waals surface area contributed by atoms with E-state index in [9.17, 15) is 18.0 Å². The number of hydrogen-bond acceptors (Lipinski definition) is 4. The number of amides is 1. The highest BCUT2D eigenvalue weighted by molar-refractivity contribution is 6.11. The van der Waals surface area contributed by atoms with Crippen molar-refractivity contribution in [3.05, 3.63) is 88.5 Å². The number of nitrogens with one attached hydrogen (secondary N) is 1. The molecule has 1 atom stereocenters. The van der Waals surface area contributed by atoms with Crippen molar-refractivity contribution < 1.29 is 22.7 Å². The lowest BCUT2D eigenvalue weighted by molar-refractivity contribution is -0.138. The molecule has 32 heavy (non-hydrogen) atoms. The Kier molecular flexibility index (Phi) is 4.30. The van der Waals surface area contributed by atoms with Crippen LogP contribution in [-0.2, 0) is 22.9 Å². The normalized spacial score (nSPS) is 19.1. The maximum atomic E-state index is 13.9. The highest BCUT2D eigenvalue weighted by Gasteiger charge is 2.57. The number of carbonyl (C=O) groups excluding carboxylic acids is 1. The number of nitrogens with two attached hydrogens (primary N) is 1. The Morgan fingerprint density at radius 3 is 2.56 bits per heavy atom. The molecule has 0 aliphatic carbocycles. The first kappa shape index (κ1) is 20.1. The van der Waals surface area contributed by atoms with Gasteiger partial charge in [-0.05, 0) is 29.3 Å². The zero-order chi connectivity index (χ0) is 22.7. The molecule has 0 fully saturated rings. The van der Waals surface area contributed by atoms with Crippen LogP contribution >= 0.6 is 0 Å². The molecule has 1 spiro atoms. The number of alkyl halides is 3. The lowest BCUT2D eigenvalue weighted by Crippen LogP contribution is -2.42. The van der Waals surface area contributed by atoms with E-state index in [4.69, 9.17) is 15.9 Å². The summed E-state index contributed by atoms with van der Waals surface area (Å²) in [5, 5.41) is 7.62. The molecule has 3 N–H and O–H groups in total. The van der Waals surface area contributed by atoms with Gasteiger partial charge in [0.2, 0.25) is 5.91 Å². The second-order valence-corrected chi connectivity index (χ2v) is 7.88. The Morgan fingerprint density at radius 2 is 1.81 bits per heavy atom. The molecule has 1 unspecified atom stereocenters. The molecule has 2 aliphatic rings. The summed E-state index contributed by atoms with van der Waals surface area (Å²) in [7, 11) is 0. The monoisotopic (exact) mass is 437 g/mol. The van der Waals surface area contributed by atoms with Gasteiger partial charge in [0.1, 0.15) is 17.8 Å². The lowest BCUT2D eigenvalue weighted by Gasteiger charge is -2.24. The van der Waals surface area contributed by atoms with Crippen LogP contribution in [0.1, 0.15) is 27.8 Å². The SMILES string of the molecule is N=Cc1cc2c(cc1N)OCC21C(=O)N(Cc2ccccc2C(F)(F)F)c2ccccc21. The first-order valence-electron chi connectivity index (χ1n) is 9.91. The van der Waals surface area contributed by atoms with Gasteiger partial charge in [0.05, 0.1) is 12.1 Å². The van der Waals surface area contributed by atoms with Crippen LogP contribution in [0.3, 0.4) is 0 Å². The molecule has 3 aromatic carbocycles. The van der Waals surface area contributed by atoms with Crippen LogP contribution in [0.5, 0.6) is 5.75 Å². The van der Waals surface area contributed by atoms with Crippen molar-refractivity contribution in [2.45, 2.75) is 18.1 Å². The van der Waals surface area contributed by atoms with E-state index in [0.29, 0.717) is 33.8 Å². The van der Waals surface area contributed by atoms with E-state index >= 15 is 0 Å². The summed E-state index contributed by atoms with van der Waals surface area (Å²) >= 11 is 0. The molecule has 0 saturated heterocycles. The second kappa shape index (κ2) is 6.85. The fraction of sp³-hybridized carbons (Fsp3) is 0.167. The van der Waals surface area contributed by atoms with Crippen LogP contribution in [0.2, 0.25) is 0 Å². The molecular formula is C24H18F3N3O2. The minimum atomic E-state index is -4.53. The second-order valence-electron chi connectivity index (χ2n) is 7.88. The molecule has 0 saturated carbocycles. The first-order chi connectivity index (χ1) is 15.3. The fourth-order valence-electron chi connectivity index (χ4n) is 4.64. The third-order valence-electron chi connectivity index (χ3n) is 6.16. The number of ether oxygens (including phenoxy) is 1. The van der Waals surface area contributed by atoms with E-state index in [0.717, 1.165) is 12.3 Å². The molecule has 0 radical (unpaired) electrons. The summed E-state index contributed by atoms with van der Waals surface area (Å²) in [4.78, 5) is 15.3. The summed E-state index contributed by atoms with van der Waals surface area (Å²) in [5.74, 6) is 0.0731.